The Labute approximate surface area is 217 Å². The molecule has 0 aromatic heterocycles. The lowest BCUT2D eigenvalue weighted by Gasteiger charge is -2.33. The van der Waals surface area contributed by atoms with Gasteiger partial charge in [0.2, 0.25) is 11.8 Å². The van der Waals surface area contributed by atoms with Crippen molar-refractivity contribution in [1.82, 2.24) is 15.5 Å². The number of hydrogen-bond acceptors (Lipinski definition) is 6. The molecule has 0 heterocycles. The van der Waals surface area contributed by atoms with Crippen LogP contribution >= 0.6 is 12.6 Å². The number of terminal acetylenes is 1. The minimum Gasteiger partial charge on any atom is -0.444 e. The third kappa shape index (κ3) is 8.63. The zero-order valence-corrected chi connectivity index (χ0v) is 21.6. The molecule has 0 saturated carbocycles. The third-order valence-electron chi connectivity index (χ3n) is 5.06. The van der Waals surface area contributed by atoms with E-state index in [1.165, 1.54) is 4.90 Å². The van der Waals surface area contributed by atoms with Crippen molar-refractivity contribution in [3.63, 3.8) is 0 Å². The Kier molecular flexibility index (Phi) is 10.8. The molecule has 8 nitrogen and oxygen atoms in total. The molecule has 3 amide bonds. The fourth-order valence-electron chi connectivity index (χ4n) is 3.43. The van der Waals surface area contributed by atoms with Gasteiger partial charge in [-0.15, -0.1) is 6.42 Å². The summed E-state index contributed by atoms with van der Waals surface area (Å²) in [6.07, 6.45) is 4.67. The fraction of sp³-hybridized carbons (Fsp3) is 0.370. The van der Waals surface area contributed by atoms with E-state index in [9.17, 15) is 19.5 Å². The summed E-state index contributed by atoms with van der Waals surface area (Å²) in [5, 5.41) is 15.1. The summed E-state index contributed by atoms with van der Waals surface area (Å²) in [5.41, 5.74) is 1.23. The molecule has 0 radical (unpaired) electrons. The third-order valence-corrected chi connectivity index (χ3v) is 5.42. The summed E-state index contributed by atoms with van der Waals surface area (Å²) in [6, 6.07) is 13.8. The Morgan fingerprint density at radius 3 is 2.28 bits per heavy atom. The molecule has 2 aromatic carbocycles. The average Bonchev–Trinajstić information content (AvgIpc) is 2.85. The molecule has 2 rings (SSSR count). The largest absolute Gasteiger partial charge is 0.444 e. The van der Waals surface area contributed by atoms with Crippen molar-refractivity contribution >= 4 is 30.5 Å². The van der Waals surface area contributed by atoms with E-state index < -0.39 is 42.2 Å². The van der Waals surface area contributed by atoms with Crippen LogP contribution in [-0.4, -0.2) is 58.5 Å². The van der Waals surface area contributed by atoms with Gasteiger partial charge in [-0.1, -0.05) is 48.4 Å². The first kappa shape index (κ1) is 28.8. The molecule has 9 heteroatoms. The second kappa shape index (κ2) is 13.6. The molecule has 0 fully saturated rings. The van der Waals surface area contributed by atoms with Gasteiger partial charge < -0.3 is 25.4 Å². The van der Waals surface area contributed by atoms with Crippen molar-refractivity contribution in [2.24, 2.45) is 0 Å². The molecular formula is C27H33N3O5S. The number of benzene rings is 2. The van der Waals surface area contributed by atoms with Gasteiger partial charge in [0.25, 0.3) is 0 Å². The Morgan fingerprint density at radius 2 is 1.75 bits per heavy atom. The molecule has 2 aromatic rings. The lowest BCUT2D eigenvalue weighted by atomic mass is 10.0. The lowest BCUT2D eigenvalue weighted by Crippen LogP contribution is -2.54. The van der Waals surface area contributed by atoms with Gasteiger partial charge in [0.05, 0.1) is 6.61 Å². The van der Waals surface area contributed by atoms with Crippen LogP contribution in [0.3, 0.4) is 0 Å². The number of carbonyl (C=O) groups is 3. The number of carbonyl (C=O) groups excluding carboxylic acids is 3. The highest BCUT2D eigenvalue weighted by molar-refractivity contribution is 7.80. The summed E-state index contributed by atoms with van der Waals surface area (Å²) in [4.78, 5) is 40.6. The SMILES string of the molecule is C#Cc1ccc(C(C(=O)NCc2ccccc2)N(CCO)C(=O)C(CS)NC(=O)OC(C)(C)C)cc1. The number of amides is 3. The highest BCUT2D eigenvalue weighted by Crippen LogP contribution is 2.23. The number of ether oxygens (including phenoxy) is 1. The fourth-order valence-corrected chi connectivity index (χ4v) is 3.67. The van der Waals surface area contributed by atoms with Gasteiger partial charge in [0.15, 0.2) is 0 Å². The minimum atomic E-state index is -1.09. The van der Waals surface area contributed by atoms with E-state index in [0.717, 1.165) is 5.56 Å². The topological polar surface area (TPSA) is 108 Å². The van der Waals surface area contributed by atoms with Gasteiger partial charge in [-0.2, -0.15) is 12.6 Å². The second-order valence-electron chi connectivity index (χ2n) is 9.01. The van der Waals surface area contributed by atoms with E-state index in [1.807, 2.05) is 30.3 Å². The van der Waals surface area contributed by atoms with Crippen molar-refractivity contribution in [3.05, 3.63) is 71.3 Å². The number of aliphatic hydroxyl groups excluding tert-OH is 1. The van der Waals surface area contributed by atoms with Gasteiger partial charge in [-0.25, -0.2) is 4.79 Å². The summed E-state index contributed by atoms with van der Waals surface area (Å²) >= 11 is 4.22. The second-order valence-corrected chi connectivity index (χ2v) is 9.37. The van der Waals surface area contributed by atoms with Crippen LogP contribution in [-0.2, 0) is 20.9 Å². The summed E-state index contributed by atoms with van der Waals surface area (Å²) < 4.78 is 5.26. The van der Waals surface area contributed by atoms with Crippen LogP contribution in [0.2, 0.25) is 0 Å². The standard InChI is InChI=1S/C27H33N3O5S/c1-5-19-11-13-21(14-12-19)23(24(32)28-17-20-9-7-6-8-10-20)30(15-16-31)25(33)22(18-36)29-26(34)35-27(2,3)4/h1,6-14,22-23,31,36H,15-18H2,2-4H3,(H,28,32)(H,29,34). The number of thiol groups is 1. The number of nitrogens with one attached hydrogen (secondary N) is 2. The summed E-state index contributed by atoms with van der Waals surface area (Å²) in [6.45, 7) is 4.80. The van der Waals surface area contributed by atoms with E-state index in [1.54, 1.807) is 45.0 Å². The highest BCUT2D eigenvalue weighted by atomic mass is 32.1. The molecule has 0 aliphatic heterocycles. The van der Waals surface area contributed by atoms with Crippen LogP contribution < -0.4 is 10.6 Å². The molecule has 0 aliphatic rings. The number of aliphatic hydroxyl groups is 1. The van der Waals surface area contributed by atoms with Crippen molar-refractivity contribution in [1.29, 1.82) is 0 Å². The van der Waals surface area contributed by atoms with E-state index >= 15 is 0 Å². The zero-order valence-electron chi connectivity index (χ0n) is 20.7. The van der Waals surface area contributed by atoms with Crippen LogP contribution in [0.5, 0.6) is 0 Å². The van der Waals surface area contributed by atoms with Crippen molar-refractivity contribution < 1.29 is 24.2 Å². The average molecular weight is 512 g/mol. The van der Waals surface area contributed by atoms with Gasteiger partial charge in [0, 0.05) is 24.4 Å². The first-order valence-corrected chi connectivity index (χ1v) is 12.1. The van der Waals surface area contributed by atoms with Crippen LogP contribution in [0.25, 0.3) is 0 Å². The van der Waals surface area contributed by atoms with Gasteiger partial charge >= 0.3 is 6.09 Å². The molecule has 0 bridgehead atoms. The Balaban J connectivity index is 2.37. The quantitative estimate of drug-likeness (QED) is 0.290. The van der Waals surface area contributed by atoms with E-state index in [2.05, 4.69) is 29.2 Å². The number of alkyl carbamates (subject to hydrolysis) is 1. The monoisotopic (exact) mass is 511 g/mol. The maximum Gasteiger partial charge on any atom is 0.408 e. The van der Waals surface area contributed by atoms with E-state index in [0.29, 0.717) is 11.1 Å². The number of hydrogen-bond donors (Lipinski definition) is 4. The van der Waals surface area contributed by atoms with Crippen molar-refractivity contribution in [3.8, 4) is 12.3 Å². The molecule has 36 heavy (non-hydrogen) atoms. The Hall–Kier alpha value is -3.48. The number of rotatable bonds is 10. The Bertz CT molecular complexity index is 1060. The predicted molar refractivity (Wildman–Crippen MR) is 141 cm³/mol. The van der Waals surface area contributed by atoms with Gasteiger partial charge in [-0.3, -0.25) is 9.59 Å². The first-order valence-electron chi connectivity index (χ1n) is 11.5. The maximum atomic E-state index is 13.6. The first-order chi connectivity index (χ1) is 17.1. The lowest BCUT2D eigenvalue weighted by molar-refractivity contribution is -0.142. The molecular weight excluding hydrogens is 478 g/mol. The summed E-state index contributed by atoms with van der Waals surface area (Å²) in [5.74, 6) is 1.43. The zero-order chi connectivity index (χ0) is 26.7. The number of nitrogens with zero attached hydrogens (tertiary/aromatic N) is 1. The minimum absolute atomic E-state index is 0.0472. The molecule has 0 aliphatic carbocycles. The molecule has 0 spiro atoms. The van der Waals surface area contributed by atoms with Crippen LogP contribution in [0, 0.1) is 12.3 Å². The van der Waals surface area contributed by atoms with E-state index in [-0.39, 0.29) is 18.8 Å². The molecule has 0 saturated heterocycles. The molecule has 3 N–H and O–H groups in total. The normalized spacial score (nSPS) is 12.6. The highest BCUT2D eigenvalue weighted by Gasteiger charge is 2.35. The van der Waals surface area contributed by atoms with Gasteiger partial charge in [-0.05, 0) is 44.0 Å². The smallest absolute Gasteiger partial charge is 0.408 e. The van der Waals surface area contributed by atoms with Gasteiger partial charge in [0.1, 0.15) is 17.7 Å². The van der Waals surface area contributed by atoms with Crippen LogP contribution in [0.1, 0.15) is 43.5 Å². The molecule has 2 atom stereocenters. The van der Waals surface area contributed by atoms with Crippen LogP contribution in [0.15, 0.2) is 54.6 Å². The van der Waals surface area contributed by atoms with E-state index in [4.69, 9.17) is 11.2 Å². The maximum absolute atomic E-state index is 13.6. The van der Waals surface area contributed by atoms with Crippen molar-refractivity contribution in [2.75, 3.05) is 18.9 Å². The summed E-state index contributed by atoms with van der Waals surface area (Å²) in [7, 11) is 0. The van der Waals surface area contributed by atoms with Crippen molar-refractivity contribution in [2.45, 2.75) is 45.0 Å². The Morgan fingerprint density at radius 1 is 1.11 bits per heavy atom. The van der Waals surface area contributed by atoms with Crippen LogP contribution in [0.4, 0.5) is 4.79 Å². The predicted octanol–water partition coefficient (Wildman–Crippen LogP) is 2.67. The molecule has 2 unspecified atom stereocenters. The molecule has 192 valence electrons.